The number of fused-ring (bicyclic) bond motifs is 1. The number of carbonyl (C=O) groups is 3. The summed E-state index contributed by atoms with van der Waals surface area (Å²) in [5.74, 6) is -0.763. The number of amides is 3. The Bertz CT molecular complexity index is 1280. The molecule has 1 heterocycles. The second-order valence-electron chi connectivity index (χ2n) is 15.1. The van der Waals surface area contributed by atoms with Gasteiger partial charge in [0.15, 0.2) is 9.84 Å². The number of benzene rings is 1. The first-order chi connectivity index (χ1) is 20.8. The normalized spacial score (nSPS) is 23.4. The number of likely N-dealkylation sites (tertiary alicyclic amines) is 1. The van der Waals surface area contributed by atoms with Gasteiger partial charge in [-0.05, 0) is 71.3 Å². The monoisotopic (exact) mass is 648 g/mol. The fraction of sp³-hybridized carbons (Fsp3) is 0.735. The zero-order chi connectivity index (χ0) is 33.7. The van der Waals surface area contributed by atoms with E-state index in [1.807, 2.05) is 51.1 Å². The van der Waals surface area contributed by atoms with Gasteiger partial charge in [-0.1, -0.05) is 63.4 Å². The molecule has 10 nitrogen and oxygen atoms in total. The lowest BCUT2D eigenvalue weighted by atomic mass is 9.72. The SMILES string of the molecule is CC(C)C(=O)N[C@H](C(=O)N[C@@H](Cc1ccccc1)[C@H](O)CN1CC2CCCCC2C[C@H]1C(=O)NC(C)(C)C)C(C)(C)S(C)(=O)=O. The predicted molar refractivity (Wildman–Crippen MR) is 177 cm³/mol. The lowest BCUT2D eigenvalue weighted by Crippen LogP contribution is -2.64. The maximum atomic E-state index is 13.9. The number of nitrogens with one attached hydrogen (secondary N) is 3. The second-order valence-corrected chi connectivity index (χ2v) is 17.7. The third-order valence-corrected chi connectivity index (χ3v) is 11.7. The van der Waals surface area contributed by atoms with Gasteiger partial charge in [0.25, 0.3) is 0 Å². The molecule has 11 heteroatoms. The van der Waals surface area contributed by atoms with E-state index in [0.29, 0.717) is 18.4 Å². The van der Waals surface area contributed by atoms with E-state index >= 15 is 0 Å². The van der Waals surface area contributed by atoms with E-state index in [-0.39, 0.29) is 18.9 Å². The number of sulfone groups is 1. The molecule has 0 aromatic heterocycles. The third-order valence-electron chi connectivity index (χ3n) is 9.54. The molecule has 1 aliphatic heterocycles. The fourth-order valence-corrected chi connectivity index (χ4v) is 7.08. The smallest absolute Gasteiger partial charge is 0.244 e. The molecule has 1 aromatic rings. The van der Waals surface area contributed by atoms with Crippen molar-refractivity contribution in [3.05, 3.63) is 35.9 Å². The number of hydrogen-bond donors (Lipinski definition) is 4. The number of carbonyl (C=O) groups excluding carboxylic acids is 3. The Morgan fingerprint density at radius 1 is 0.956 bits per heavy atom. The summed E-state index contributed by atoms with van der Waals surface area (Å²) in [5, 5.41) is 20.5. The lowest BCUT2D eigenvalue weighted by Gasteiger charge is -2.47. The summed E-state index contributed by atoms with van der Waals surface area (Å²) in [5.41, 5.74) is 0.469. The average molecular weight is 649 g/mol. The van der Waals surface area contributed by atoms with Crippen molar-refractivity contribution in [3.8, 4) is 0 Å². The van der Waals surface area contributed by atoms with Crippen LogP contribution in [0.5, 0.6) is 0 Å². The highest BCUT2D eigenvalue weighted by Crippen LogP contribution is 2.39. The Morgan fingerprint density at radius 2 is 1.56 bits per heavy atom. The van der Waals surface area contributed by atoms with E-state index in [1.165, 1.54) is 20.3 Å². The molecular formula is C34H56N4O6S. The summed E-state index contributed by atoms with van der Waals surface area (Å²) in [6.45, 7) is 12.9. The van der Waals surface area contributed by atoms with Crippen LogP contribution in [0.25, 0.3) is 0 Å². The molecule has 45 heavy (non-hydrogen) atoms. The highest BCUT2D eigenvalue weighted by molar-refractivity contribution is 7.92. The van der Waals surface area contributed by atoms with Crippen molar-refractivity contribution in [1.82, 2.24) is 20.9 Å². The van der Waals surface area contributed by atoms with Gasteiger partial charge in [-0.15, -0.1) is 0 Å². The van der Waals surface area contributed by atoms with Gasteiger partial charge < -0.3 is 21.1 Å². The molecule has 0 spiro atoms. The average Bonchev–Trinajstić information content (AvgIpc) is 2.93. The topological polar surface area (TPSA) is 145 Å². The minimum atomic E-state index is -3.79. The molecule has 254 valence electrons. The molecule has 0 bridgehead atoms. The molecule has 3 amide bonds. The molecule has 1 saturated carbocycles. The fourth-order valence-electron chi connectivity index (χ4n) is 6.49. The van der Waals surface area contributed by atoms with E-state index in [9.17, 15) is 27.9 Å². The van der Waals surface area contributed by atoms with Crippen LogP contribution in [0.4, 0.5) is 0 Å². The molecule has 1 aliphatic carbocycles. The number of hydrogen-bond acceptors (Lipinski definition) is 7. The molecule has 1 aromatic carbocycles. The van der Waals surface area contributed by atoms with Crippen LogP contribution < -0.4 is 16.0 Å². The van der Waals surface area contributed by atoms with Crippen LogP contribution in [0.15, 0.2) is 30.3 Å². The summed E-state index contributed by atoms with van der Waals surface area (Å²) in [6.07, 6.45) is 5.48. The van der Waals surface area contributed by atoms with Gasteiger partial charge in [-0.3, -0.25) is 19.3 Å². The maximum absolute atomic E-state index is 13.9. The number of rotatable bonds is 12. The molecule has 4 N–H and O–H groups in total. The van der Waals surface area contributed by atoms with E-state index in [4.69, 9.17) is 0 Å². The zero-order valence-corrected chi connectivity index (χ0v) is 29.2. The molecule has 0 radical (unpaired) electrons. The van der Waals surface area contributed by atoms with E-state index in [0.717, 1.165) is 37.5 Å². The largest absolute Gasteiger partial charge is 0.390 e. The van der Waals surface area contributed by atoms with Crippen LogP contribution >= 0.6 is 0 Å². The first kappa shape index (κ1) is 37.0. The van der Waals surface area contributed by atoms with Crippen molar-refractivity contribution in [1.29, 1.82) is 0 Å². The molecule has 1 saturated heterocycles. The summed E-state index contributed by atoms with van der Waals surface area (Å²) >= 11 is 0. The van der Waals surface area contributed by atoms with Crippen LogP contribution in [-0.2, 0) is 30.6 Å². The first-order valence-electron chi connectivity index (χ1n) is 16.4. The molecular weight excluding hydrogens is 592 g/mol. The highest BCUT2D eigenvalue weighted by atomic mass is 32.2. The number of piperidine rings is 1. The van der Waals surface area contributed by atoms with Gasteiger partial charge in [0.2, 0.25) is 17.7 Å². The summed E-state index contributed by atoms with van der Waals surface area (Å²) in [4.78, 5) is 42.3. The minimum absolute atomic E-state index is 0.0614. The molecule has 3 rings (SSSR count). The number of β-amino-alcohol motifs (C(OH)–C–C–N with tert-alkyl or cyclic N) is 1. The van der Waals surface area contributed by atoms with Gasteiger partial charge in [0, 0.05) is 30.8 Å². The third kappa shape index (κ3) is 9.99. The van der Waals surface area contributed by atoms with Crippen molar-refractivity contribution in [2.24, 2.45) is 17.8 Å². The summed E-state index contributed by atoms with van der Waals surface area (Å²) in [6, 6.07) is 6.81. The lowest BCUT2D eigenvalue weighted by molar-refractivity contribution is -0.134. The highest BCUT2D eigenvalue weighted by Gasteiger charge is 2.46. The summed E-state index contributed by atoms with van der Waals surface area (Å²) < 4.78 is 24.0. The molecule has 2 aliphatic rings. The van der Waals surface area contributed by atoms with Gasteiger partial charge in [0.1, 0.15) is 6.04 Å². The zero-order valence-electron chi connectivity index (χ0n) is 28.4. The van der Waals surface area contributed by atoms with Crippen LogP contribution in [-0.4, -0.2) is 90.0 Å². The van der Waals surface area contributed by atoms with E-state index < -0.39 is 62.1 Å². The predicted octanol–water partition coefficient (Wildman–Crippen LogP) is 2.83. The van der Waals surface area contributed by atoms with Crippen molar-refractivity contribution in [2.75, 3.05) is 19.3 Å². The Morgan fingerprint density at radius 3 is 2.11 bits per heavy atom. The van der Waals surface area contributed by atoms with Gasteiger partial charge in [0.05, 0.1) is 22.9 Å². The van der Waals surface area contributed by atoms with Crippen LogP contribution in [0.3, 0.4) is 0 Å². The second kappa shape index (κ2) is 14.9. The van der Waals surface area contributed by atoms with Crippen molar-refractivity contribution < 1.29 is 27.9 Å². The van der Waals surface area contributed by atoms with Crippen molar-refractivity contribution in [3.63, 3.8) is 0 Å². The first-order valence-corrected chi connectivity index (χ1v) is 18.3. The number of aliphatic hydroxyl groups is 1. The molecule has 2 unspecified atom stereocenters. The van der Waals surface area contributed by atoms with Gasteiger partial charge >= 0.3 is 0 Å². The molecule has 2 fully saturated rings. The number of nitrogens with zero attached hydrogens (tertiary/aromatic N) is 1. The van der Waals surface area contributed by atoms with Gasteiger partial charge in [-0.25, -0.2) is 8.42 Å². The quantitative estimate of drug-likeness (QED) is 0.273. The van der Waals surface area contributed by atoms with Gasteiger partial charge in [-0.2, -0.15) is 0 Å². The van der Waals surface area contributed by atoms with Crippen molar-refractivity contribution in [2.45, 2.75) is 122 Å². The van der Waals surface area contributed by atoms with Crippen LogP contribution in [0, 0.1) is 17.8 Å². The van der Waals surface area contributed by atoms with Crippen LogP contribution in [0.2, 0.25) is 0 Å². The number of aliphatic hydroxyl groups excluding tert-OH is 1. The standard InChI is InChI=1S/C34H56N4O6S/c1-22(2)30(40)36-29(34(6,7)45(8,43)44)32(42)35-26(18-23-14-10-9-11-15-23)28(39)21-38-20-25-17-13-12-16-24(25)19-27(38)31(41)37-33(3,4)5/h9-11,14-15,22,24-29,39H,12-13,16-21H2,1-8H3,(H,35,42)(H,36,40)(H,37,41)/t24?,25?,26-,27-,28+,29+/m0/s1. The Kier molecular flexibility index (Phi) is 12.3. The van der Waals surface area contributed by atoms with Crippen LogP contribution in [0.1, 0.15) is 86.1 Å². The Labute approximate surface area is 270 Å². The van der Waals surface area contributed by atoms with E-state index in [2.05, 4.69) is 20.9 Å². The molecule has 6 atom stereocenters. The summed E-state index contributed by atoms with van der Waals surface area (Å²) in [7, 11) is -3.79. The Balaban J connectivity index is 1.92. The minimum Gasteiger partial charge on any atom is -0.390 e. The maximum Gasteiger partial charge on any atom is 0.244 e. The Hall–Kier alpha value is -2.50. The van der Waals surface area contributed by atoms with E-state index in [1.54, 1.807) is 13.8 Å². The van der Waals surface area contributed by atoms with Crippen molar-refractivity contribution >= 4 is 27.6 Å².